The summed E-state index contributed by atoms with van der Waals surface area (Å²) in [6.07, 6.45) is 0. The number of amides is 1. The van der Waals surface area contributed by atoms with E-state index in [1.165, 1.54) is 6.07 Å². The molecule has 8 heteroatoms. The van der Waals surface area contributed by atoms with Crippen molar-refractivity contribution in [2.45, 2.75) is 0 Å². The van der Waals surface area contributed by atoms with Crippen LogP contribution >= 0.6 is 0 Å². The van der Waals surface area contributed by atoms with Crippen molar-refractivity contribution in [3.8, 4) is 0 Å². The molecular formula is C12H9N5O3. The van der Waals surface area contributed by atoms with E-state index in [-0.39, 0.29) is 17.2 Å². The molecule has 1 aromatic carbocycles. The van der Waals surface area contributed by atoms with Crippen LogP contribution in [0.1, 0.15) is 21.0 Å². The molecule has 8 nitrogen and oxygen atoms in total. The number of carbonyl (C=O) groups excluding carboxylic acids is 1. The fraction of sp³-hybridized carbons (Fsp3) is 0. The number of carbonyl (C=O) groups is 2. The summed E-state index contributed by atoms with van der Waals surface area (Å²) < 4.78 is 0. The van der Waals surface area contributed by atoms with E-state index in [2.05, 4.69) is 25.7 Å². The molecule has 2 heterocycles. The second-order valence-electron chi connectivity index (χ2n) is 4.04. The van der Waals surface area contributed by atoms with E-state index in [9.17, 15) is 9.59 Å². The number of hydrogen-bond acceptors (Lipinski definition) is 4. The number of anilines is 1. The van der Waals surface area contributed by atoms with Crippen molar-refractivity contribution in [2.75, 3.05) is 5.32 Å². The number of nitrogens with one attached hydrogen (secondary N) is 3. The zero-order valence-electron chi connectivity index (χ0n) is 10.0. The number of aromatic carboxylic acids is 1. The lowest BCUT2D eigenvalue weighted by atomic mass is 10.2. The number of aromatic amines is 2. The van der Waals surface area contributed by atoms with Crippen LogP contribution in [0.5, 0.6) is 0 Å². The molecule has 0 spiro atoms. The summed E-state index contributed by atoms with van der Waals surface area (Å²) in [7, 11) is 0. The fourth-order valence-corrected chi connectivity index (χ4v) is 1.81. The lowest BCUT2D eigenvalue weighted by Crippen LogP contribution is -2.13. The summed E-state index contributed by atoms with van der Waals surface area (Å²) >= 11 is 0. The quantitative estimate of drug-likeness (QED) is 0.570. The summed E-state index contributed by atoms with van der Waals surface area (Å²) in [4.78, 5) is 22.8. The first kappa shape index (κ1) is 11.9. The molecule has 2 aromatic heterocycles. The lowest BCUT2D eigenvalue weighted by Gasteiger charge is -1.98. The number of benzene rings is 1. The molecule has 0 saturated carbocycles. The highest BCUT2D eigenvalue weighted by Gasteiger charge is 2.16. The Hall–Kier alpha value is -3.16. The van der Waals surface area contributed by atoms with Crippen LogP contribution < -0.4 is 5.32 Å². The van der Waals surface area contributed by atoms with E-state index in [4.69, 9.17) is 5.11 Å². The van der Waals surface area contributed by atoms with Crippen molar-refractivity contribution in [1.82, 2.24) is 20.4 Å². The summed E-state index contributed by atoms with van der Waals surface area (Å²) in [6.45, 7) is 0. The predicted molar refractivity (Wildman–Crippen MR) is 69.6 cm³/mol. The maximum absolute atomic E-state index is 12.1. The van der Waals surface area contributed by atoms with Crippen LogP contribution in [-0.2, 0) is 0 Å². The lowest BCUT2D eigenvalue weighted by molar-refractivity contribution is 0.0690. The number of hydrogen-bond donors (Lipinski definition) is 4. The Morgan fingerprint density at radius 3 is 2.70 bits per heavy atom. The van der Waals surface area contributed by atoms with Crippen LogP contribution in [-0.4, -0.2) is 37.4 Å². The van der Waals surface area contributed by atoms with Crippen molar-refractivity contribution < 1.29 is 14.7 Å². The minimum Gasteiger partial charge on any atom is -0.477 e. The van der Waals surface area contributed by atoms with Gasteiger partial charge in [-0.2, -0.15) is 10.2 Å². The van der Waals surface area contributed by atoms with Crippen molar-refractivity contribution in [3.05, 3.63) is 41.7 Å². The Morgan fingerprint density at radius 1 is 1.15 bits per heavy atom. The molecule has 0 aliphatic heterocycles. The number of rotatable bonds is 3. The first-order chi connectivity index (χ1) is 9.65. The van der Waals surface area contributed by atoms with E-state index in [1.54, 1.807) is 18.2 Å². The molecule has 0 aliphatic rings. The minimum atomic E-state index is -1.15. The highest BCUT2D eigenvalue weighted by Crippen LogP contribution is 2.16. The normalized spacial score (nSPS) is 10.6. The molecule has 0 bridgehead atoms. The van der Waals surface area contributed by atoms with E-state index in [0.717, 1.165) is 5.52 Å². The van der Waals surface area contributed by atoms with Crippen molar-refractivity contribution in [3.63, 3.8) is 0 Å². The van der Waals surface area contributed by atoms with Gasteiger partial charge in [-0.3, -0.25) is 15.0 Å². The Balaban J connectivity index is 1.87. The van der Waals surface area contributed by atoms with Crippen LogP contribution in [0.2, 0.25) is 0 Å². The molecule has 4 N–H and O–H groups in total. The molecule has 0 unspecified atom stereocenters. The van der Waals surface area contributed by atoms with Gasteiger partial charge in [0.15, 0.2) is 11.5 Å². The third-order valence-corrected chi connectivity index (χ3v) is 2.74. The van der Waals surface area contributed by atoms with Crippen LogP contribution in [0.3, 0.4) is 0 Å². The first-order valence-corrected chi connectivity index (χ1v) is 5.68. The number of carboxylic acids is 1. The fourth-order valence-electron chi connectivity index (χ4n) is 1.81. The molecule has 0 aliphatic carbocycles. The summed E-state index contributed by atoms with van der Waals surface area (Å²) in [6, 6.07) is 8.42. The Morgan fingerprint density at radius 2 is 1.95 bits per heavy atom. The van der Waals surface area contributed by atoms with E-state index in [0.29, 0.717) is 5.39 Å². The third kappa shape index (κ3) is 1.99. The van der Waals surface area contributed by atoms with Gasteiger partial charge in [-0.25, -0.2) is 4.79 Å². The second kappa shape index (κ2) is 4.50. The molecule has 3 aromatic rings. The highest BCUT2D eigenvalue weighted by molar-refractivity contribution is 6.10. The van der Waals surface area contributed by atoms with Gasteiger partial charge in [0.25, 0.3) is 5.91 Å². The van der Waals surface area contributed by atoms with Gasteiger partial charge >= 0.3 is 5.97 Å². The number of aromatic nitrogens is 4. The maximum atomic E-state index is 12.1. The standard InChI is InChI=1S/C12H9N5O3/c18-11(13-9-5-8(12(19)20)15-16-9)10-6-3-1-2-4-7(6)14-17-10/h1-5H,(H,14,17)(H,19,20)(H2,13,15,16,18). The number of carboxylic acid groups (broad SMARTS) is 1. The highest BCUT2D eigenvalue weighted by atomic mass is 16.4. The van der Waals surface area contributed by atoms with E-state index >= 15 is 0 Å². The van der Waals surface area contributed by atoms with Gasteiger partial charge in [0.2, 0.25) is 0 Å². The molecule has 0 saturated heterocycles. The number of H-pyrrole nitrogens is 2. The average Bonchev–Trinajstić information content (AvgIpc) is 3.04. The molecule has 0 atom stereocenters. The van der Waals surface area contributed by atoms with Crippen LogP contribution in [0, 0.1) is 0 Å². The Labute approximate surface area is 111 Å². The largest absolute Gasteiger partial charge is 0.477 e. The van der Waals surface area contributed by atoms with Crippen LogP contribution in [0.15, 0.2) is 30.3 Å². The molecule has 0 radical (unpaired) electrons. The van der Waals surface area contributed by atoms with Crippen LogP contribution in [0.25, 0.3) is 10.9 Å². The molecule has 100 valence electrons. The number of para-hydroxylation sites is 1. The predicted octanol–water partition coefficient (Wildman–Crippen LogP) is 1.24. The van der Waals surface area contributed by atoms with Gasteiger partial charge in [-0.05, 0) is 6.07 Å². The molecule has 1 amide bonds. The van der Waals surface area contributed by atoms with Crippen molar-refractivity contribution >= 4 is 28.6 Å². The van der Waals surface area contributed by atoms with Crippen LogP contribution in [0.4, 0.5) is 5.82 Å². The smallest absolute Gasteiger partial charge is 0.353 e. The van der Waals surface area contributed by atoms with Gasteiger partial charge in [0.1, 0.15) is 5.69 Å². The summed E-state index contributed by atoms with van der Waals surface area (Å²) in [5.41, 5.74) is 0.860. The third-order valence-electron chi connectivity index (χ3n) is 2.74. The molecular weight excluding hydrogens is 262 g/mol. The minimum absolute atomic E-state index is 0.104. The molecule has 0 fully saturated rings. The summed E-state index contributed by atoms with van der Waals surface area (Å²) in [5.74, 6) is -1.49. The number of fused-ring (bicyclic) bond motifs is 1. The van der Waals surface area contributed by atoms with Gasteiger partial charge < -0.3 is 10.4 Å². The monoisotopic (exact) mass is 271 g/mol. The first-order valence-electron chi connectivity index (χ1n) is 5.68. The van der Waals surface area contributed by atoms with Crippen molar-refractivity contribution in [1.29, 1.82) is 0 Å². The van der Waals surface area contributed by atoms with Crippen molar-refractivity contribution in [2.24, 2.45) is 0 Å². The second-order valence-corrected chi connectivity index (χ2v) is 4.04. The molecule has 3 rings (SSSR count). The van der Waals surface area contributed by atoms with Gasteiger partial charge in [0.05, 0.1) is 5.52 Å². The summed E-state index contributed by atoms with van der Waals surface area (Å²) in [5, 5.41) is 24.6. The Bertz CT molecular complexity index is 804. The Kier molecular flexibility index (Phi) is 2.68. The van der Waals surface area contributed by atoms with E-state index in [1.807, 2.05) is 6.07 Å². The maximum Gasteiger partial charge on any atom is 0.353 e. The van der Waals surface area contributed by atoms with Gasteiger partial charge in [-0.1, -0.05) is 18.2 Å². The zero-order valence-corrected chi connectivity index (χ0v) is 10.0. The van der Waals surface area contributed by atoms with Gasteiger partial charge in [0, 0.05) is 11.5 Å². The topological polar surface area (TPSA) is 124 Å². The van der Waals surface area contributed by atoms with E-state index < -0.39 is 11.9 Å². The SMILES string of the molecule is O=C(O)c1cc(NC(=O)c2n[nH]c3ccccc23)n[nH]1. The molecule has 20 heavy (non-hydrogen) atoms. The average molecular weight is 271 g/mol. The zero-order chi connectivity index (χ0) is 14.1. The van der Waals surface area contributed by atoms with Gasteiger partial charge in [-0.15, -0.1) is 0 Å². The number of nitrogens with zero attached hydrogens (tertiary/aromatic N) is 2.